The van der Waals surface area contributed by atoms with Crippen molar-refractivity contribution in [1.82, 2.24) is 0 Å². The summed E-state index contributed by atoms with van der Waals surface area (Å²) in [5.74, 6) is 0. The summed E-state index contributed by atoms with van der Waals surface area (Å²) < 4.78 is 0.815. The summed E-state index contributed by atoms with van der Waals surface area (Å²) in [6, 6.07) is 13.9. The number of nitrogens with one attached hydrogen (secondary N) is 1. The Labute approximate surface area is 171 Å². The minimum absolute atomic E-state index is 0.138. The Hall–Kier alpha value is -1.05. The van der Waals surface area contributed by atoms with Gasteiger partial charge in [0.1, 0.15) is 15.3 Å². The lowest BCUT2D eigenvalue weighted by Crippen LogP contribution is -2.48. The zero-order valence-corrected chi connectivity index (χ0v) is 17.3. The number of aliphatic imine (C=N–C) groups is 1. The van der Waals surface area contributed by atoms with E-state index in [-0.39, 0.29) is 10.9 Å². The highest BCUT2D eigenvalue weighted by atomic mass is 35.5. The van der Waals surface area contributed by atoms with E-state index in [0.29, 0.717) is 16.6 Å². The zero-order valence-electron chi connectivity index (χ0n) is 14.2. The summed E-state index contributed by atoms with van der Waals surface area (Å²) in [7, 11) is 1.69. The zero-order chi connectivity index (χ0) is 18.3. The lowest BCUT2D eigenvalue weighted by atomic mass is 9.97. The van der Waals surface area contributed by atoms with E-state index in [1.165, 1.54) is 5.56 Å². The molecule has 0 saturated carbocycles. The molecule has 2 atom stereocenters. The third-order valence-corrected chi connectivity index (χ3v) is 7.79. The second-order valence-electron chi connectivity index (χ2n) is 5.98. The quantitative estimate of drug-likeness (QED) is 0.704. The first-order valence-electron chi connectivity index (χ1n) is 8.01. The molecule has 2 aromatic rings. The summed E-state index contributed by atoms with van der Waals surface area (Å²) >= 11 is 15.7. The van der Waals surface area contributed by atoms with Gasteiger partial charge in [-0.15, -0.1) is 11.8 Å². The largest absolute Gasteiger partial charge is 0.362 e. The van der Waals surface area contributed by atoms with Gasteiger partial charge >= 0.3 is 0 Å². The van der Waals surface area contributed by atoms with Gasteiger partial charge in [-0.25, -0.2) is 5.06 Å². The van der Waals surface area contributed by atoms with E-state index >= 15 is 0 Å². The number of para-hydroxylation sites is 1. The average molecular weight is 426 g/mol. The van der Waals surface area contributed by atoms with Crippen LogP contribution in [0.2, 0.25) is 10.0 Å². The Morgan fingerprint density at radius 1 is 1.27 bits per heavy atom. The molecule has 0 aromatic heterocycles. The number of nitrogens with zero attached hydrogens (tertiary/aromatic N) is 2. The third-order valence-electron chi connectivity index (χ3n) is 4.58. The molecule has 0 radical (unpaired) electrons. The van der Waals surface area contributed by atoms with Gasteiger partial charge in [0.15, 0.2) is 0 Å². The van der Waals surface area contributed by atoms with Crippen molar-refractivity contribution in [2.45, 2.75) is 10.9 Å². The molecule has 2 heterocycles. The Balaban J connectivity index is 1.77. The molecule has 8 heteroatoms. The number of fused-ring (bicyclic) bond motifs is 2. The number of hydroxylamine groups is 1. The molecule has 4 nitrogen and oxygen atoms in total. The van der Waals surface area contributed by atoms with Crippen molar-refractivity contribution in [2.75, 3.05) is 30.3 Å². The summed E-state index contributed by atoms with van der Waals surface area (Å²) in [6.45, 7) is 0.684. The first-order chi connectivity index (χ1) is 12.6. The van der Waals surface area contributed by atoms with Crippen LogP contribution in [0.3, 0.4) is 0 Å². The molecule has 0 unspecified atom stereocenters. The van der Waals surface area contributed by atoms with Crippen LogP contribution in [-0.4, -0.2) is 30.5 Å². The molecule has 2 aromatic carbocycles. The van der Waals surface area contributed by atoms with Crippen molar-refractivity contribution in [3.63, 3.8) is 0 Å². The second kappa shape index (κ2) is 7.17. The minimum Gasteiger partial charge on any atom is -0.362 e. The number of thioether (sulfide) groups is 2. The van der Waals surface area contributed by atoms with Crippen LogP contribution < -0.4 is 10.4 Å². The third kappa shape index (κ3) is 2.88. The van der Waals surface area contributed by atoms with Crippen LogP contribution in [0.4, 0.5) is 11.4 Å². The monoisotopic (exact) mass is 425 g/mol. The van der Waals surface area contributed by atoms with Gasteiger partial charge in [0.2, 0.25) is 0 Å². The molecule has 0 saturated heterocycles. The van der Waals surface area contributed by atoms with Gasteiger partial charge in [-0.3, -0.25) is 9.83 Å². The summed E-state index contributed by atoms with van der Waals surface area (Å²) in [6.07, 6.45) is 1.92. The van der Waals surface area contributed by atoms with Crippen LogP contribution in [0.15, 0.2) is 47.5 Å². The molecule has 1 spiro atoms. The van der Waals surface area contributed by atoms with E-state index in [0.717, 1.165) is 15.8 Å². The molecular weight excluding hydrogens is 409 g/mol. The van der Waals surface area contributed by atoms with Crippen LogP contribution in [0, 0.1) is 0 Å². The molecule has 0 bridgehead atoms. The Morgan fingerprint density at radius 3 is 2.77 bits per heavy atom. The van der Waals surface area contributed by atoms with Gasteiger partial charge in [0.25, 0.3) is 0 Å². The van der Waals surface area contributed by atoms with Crippen LogP contribution in [0.1, 0.15) is 5.56 Å². The number of hydrogen-bond acceptors (Lipinski definition) is 6. The summed E-state index contributed by atoms with van der Waals surface area (Å²) in [5.41, 5.74) is 3.16. The Morgan fingerprint density at radius 2 is 2.08 bits per heavy atom. The van der Waals surface area contributed by atoms with Gasteiger partial charge < -0.3 is 5.32 Å². The SMILES string of the molecule is CON1c2ccccc2[C@@]2(CN=C(SC)S2)[C@H]1Nc1ccc(Cl)c(Cl)c1. The van der Waals surface area contributed by atoms with Crippen LogP contribution in [0.25, 0.3) is 0 Å². The highest BCUT2D eigenvalue weighted by Gasteiger charge is 2.55. The van der Waals surface area contributed by atoms with E-state index in [2.05, 4.69) is 29.8 Å². The Bertz CT molecular complexity index is 879. The van der Waals surface area contributed by atoms with Crippen molar-refractivity contribution < 1.29 is 4.84 Å². The normalized spacial score (nSPS) is 24.1. The molecule has 4 rings (SSSR count). The van der Waals surface area contributed by atoms with Gasteiger partial charge in [-0.1, -0.05) is 53.2 Å². The Kier molecular flexibility index (Phi) is 5.05. The highest BCUT2D eigenvalue weighted by molar-refractivity contribution is 8.39. The lowest BCUT2D eigenvalue weighted by Gasteiger charge is -2.35. The van der Waals surface area contributed by atoms with E-state index in [4.69, 9.17) is 33.0 Å². The second-order valence-corrected chi connectivity index (χ2v) is 9.17. The van der Waals surface area contributed by atoms with E-state index in [1.807, 2.05) is 23.3 Å². The molecule has 0 amide bonds. The highest BCUT2D eigenvalue weighted by Crippen LogP contribution is 2.56. The maximum atomic E-state index is 6.21. The van der Waals surface area contributed by atoms with E-state index in [9.17, 15) is 0 Å². The van der Waals surface area contributed by atoms with E-state index < -0.39 is 0 Å². The fourth-order valence-electron chi connectivity index (χ4n) is 3.41. The fourth-order valence-corrected chi connectivity index (χ4v) is 5.80. The summed E-state index contributed by atoms with van der Waals surface area (Å²) in [4.78, 5) is 10.5. The number of anilines is 2. The molecule has 0 fully saturated rings. The van der Waals surface area contributed by atoms with Crippen LogP contribution in [0.5, 0.6) is 0 Å². The fraction of sp³-hybridized carbons (Fsp3) is 0.278. The van der Waals surface area contributed by atoms with Crippen molar-refractivity contribution >= 4 is 62.5 Å². The van der Waals surface area contributed by atoms with Gasteiger partial charge in [0.05, 0.1) is 29.4 Å². The van der Waals surface area contributed by atoms with Gasteiger partial charge in [-0.2, -0.15) is 0 Å². The predicted molar refractivity (Wildman–Crippen MR) is 115 cm³/mol. The van der Waals surface area contributed by atoms with Crippen molar-refractivity contribution in [2.24, 2.45) is 4.99 Å². The molecule has 26 heavy (non-hydrogen) atoms. The van der Waals surface area contributed by atoms with Crippen molar-refractivity contribution in [3.05, 3.63) is 58.1 Å². The first-order valence-corrected chi connectivity index (χ1v) is 10.8. The predicted octanol–water partition coefficient (Wildman–Crippen LogP) is 5.47. The van der Waals surface area contributed by atoms with Crippen molar-refractivity contribution in [3.8, 4) is 0 Å². The summed E-state index contributed by atoms with van der Waals surface area (Å²) in [5, 5.41) is 6.56. The average Bonchev–Trinajstić information content (AvgIpc) is 3.20. The standard InChI is InChI=1S/C18H17Cl2N3OS2/c1-24-23-15-6-4-3-5-12(15)18(10-21-17(25-2)26-18)16(23)22-11-7-8-13(19)14(20)9-11/h3-9,16,22H,10H2,1-2H3/t16-,18-/m0/s1. The van der Waals surface area contributed by atoms with Gasteiger partial charge in [-0.05, 0) is 30.5 Å². The molecule has 2 aliphatic rings. The molecule has 1 N–H and O–H groups in total. The molecular formula is C18H17Cl2N3OS2. The molecule has 2 aliphatic heterocycles. The van der Waals surface area contributed by atoms with E-state index in [1.54, 1.807) is 36.7 Å². The van der Waals surface area contributed by atoms with Crippen LogP contribution in [-0.2, 0) is 9.58 Å². The maximum Gasteiger partial charge on any atom is 0.146 e. The number of benzene rings is 2. The molecule has 0 aliphatic carbocycles. The number of rotatable bonds is 3. The smallest absolute Gasteiger partial charge is 0.146 e. The first kappa shape index (κ1) is 18.3. The van der Waals surface area contributed by atoms with Crippen molar-refractivity contribution in [1.29, 1.82) is 0 Å². The van der Waals surface area contributed by atoms with Crippen LogP contribution >= 0.6 is 46.7 Å². The van der Waals surface area contributed by atoms with Gasteiger partial charge in [0, 0.05) is 11.3 Å². The maximum absolute atomic E-state index is 6.21. The lowest BCUT2D eigenvalue weighted by molar-refractivity contribution is 0.145. The number of halogens is 2. The molecule has 136 valence electrons. The topological polar surface area (TPSA) is 36.9 Å². The minimum atomic E-state index is -0.267. The number of hydrogen-bond donors (Lipinski definition) is 1.